The Morgan fingerprint density at radius 1 is 1.33 bits per heavy atom. The fraction of sp³-hybridized carbons (Fsp3) is 0.500. The van der Waals surface area contributed by atoms with Crippen molar-refractivity contribution in [1.82, 2.24) is 15.0 Å². The van der Waals surface area contributed by atoms with E-state index in [0.29, 0.717) is 11.8 Å². The molecule has 0 spiro atoms. The first-order valence-corrected chi connectivity index (χ1v) is 10.1. The minimum Gasteiger partial charge on any atom is -0.359 e. The molecular weight excluding hydrogens is 266 g/mol. The van der Waals surface area contributed by atoms with Crippen molar-refractivity contribution in [3.8, 4) is 0 Å². The van der Waals surface area contributed by atoms with Gasteiger partial charge in [-0.25, -0.2) is 4.68 Å². The molecular formula is C12H18ClN3OSi. The summed E-state index contributed by atoms with van der Waals surface area (Å²) in [5.74, 6) is 0. The molecule has 2 rings (SSSR count). The molecule has 98 valence electrons. The summed E-state index contributed by atoms with van der Waals surface area (Å²) in [6.45, 7) is 8.24. The third-order valence-electron chi connectivity index (χ3n) is 2.69. The average molecular weight is 284 g/mol. The van der Waals surface area contributed by atoms with Crippen LogP contribution in [0.1, 0.15) is 0 Å². The standard InChI is InChI=1S/C12H18ClN3OSi/c1-18(2,3)7-6-17-9-16-12-5-4-10(13)8-11(12)14-15-16/h4-5,8H,6-7,9H2,1-3H3. The maximum atomic E-state index is 5.90. The number of rotatable bonds is 5. The second-order valence-corrected chi connectivity index (χ2v) is 11.6. The lowest BCUT2D eigenvalue weighted by Gasteiger charge is -2.15. The molecule has 0 bridgehead atoms. The van der Waals surface area contributed by atoms with Gasteiger partial charge in [-0.2, -0.15) is 0 Å². The molecule has 0 fully saturated rings. The highest BCUT2D eigenvalue weighted by atomic mass is 35.5. The number of aromatic nitrogens is 3. The Kier molecular flexibility index (Phi) is 4.04. The molecule has 1 heterocycles. The summed E-state index contributed by atoms with van der Waals surface area (Å²) in [7, 11) is -1.03. The van der Waals surface area contributed by atoms with Gasteiger partial charge >= 0.3 is 0 Å². The maximum absolute atomic E-state index is 5.90. The van der Waals surface area contributed by atoms with Crippen molar-refractivity contribution >= 4 is 30.7 Å². The van der Waals surface area contributed by atoms with Crippen molar-refractivity contribution in [1.29, 1.82) is 0 Å². The first kappa shape index (κ1) is 13.5. The number of fused-ring (bicyclic) bond motifs is 1. The lowest BCUT2D eigenvalue weighted by Crippen LogP contribution is -2.22. The van der Waals surface area contributed by atoms with Crippen molar-refractivity contribution in [2.45, 2.75) is 32.4 Å². The zero-order valence-corrected chi connectivity index (χ0v) is 12.7. The van der Waals surface area contributed by atoms with E-state index in [-0.39, 0.29) is 0 Å². The van der Waals surface area contributed by atoms with E-state index in [1.807, 2.05) is 18.2 Å². The molecule has 0 aliphatic carbocycles. The maximum Gasteiger partial charge on any atom is 0.141 e. The molecule has 1 aromatic heterocycles. The Morgan fingerprint density at radius 2 is 2.11 bits per heavy atom. The van der Waals surface area contributed by atoms with Gasteiger partial charge in [0.1, 0.15) is 12.2 Å². The molecule has 1 aromatic carbocycles. The Morgan fingerprint density at radius 3 is 2.83 bits per heavy atom. The zero-order valence-electron chi connectivity index (χ0n) is 11.0. The van der Waals surface area contributed by atoms with Crippen LogP contribution in [0, 0.1) is 0 Å². The Hall–Kier alpha value is -0.913. The molecule has 0 N–H and O–H groups in total. The van der Waals surface area contributed by atoms with Crippen LogP contribution in [-0.4, -0.2) is 29.7 Å². The van der Waals surface area contributed by atoms with Gasteiger partial charge in [-0.15, -0.1) is 5.10 Å². The highest BCUT2D eigenvalue weighted by Crippen LogP contribution is 2.17. The Labute approximate surface area is 113 Å². The normalized spacial score (nSPS) is 12.2. The molecule has 0 atom stereocenters. The summed E-state index contributed by atoms with van der Waals surface area (Å²) in [6, 6.07) is 6.72. The van der Waals surface area contributed by atoms with E-state index in [1.165, 1.54) is 0 Å². The van der Waals surface area contributed by atoms with Crippen molar-refractivity contribution < 1.29 is 4.74 Å². The lowest BCUT2D eigenvalue weighted by atomic mass is 10.3. The van der Waals surface area contributed by atoms with Crippen molar-refractivity contribution in [2.24, 2.45) is 0 Å². The van der Waals surface area contributed by atoms with Crippen LogP contribution in [0.15, 0.2) is 18.2 Å². The van der Waals surface area contributed by atoms with E-state index in [0.717, 1.165) is 23.7 Å². The van der Waals surface area contributed by atoms with Crippen LogP contribution in [0.2, 0.25) is 30.7 Å². The number of ether oxygens (including phenoxy) is 1. The summed E-state index contributed by atoms with van der Waals surface area (Å²) in [4.78, 5) is 0. The monoisotopic (exact) mass is 283 g/mol. The fourth-order valence-corrected chi connectivity index (χ4v) is 2.49. The molecule has 0 amide bonds. The summed E-state index contributed by atoms with van der Waals surface area (Å²) >= 11 is 5.90. The van der Waals surface area contributed by atoms with Crippen molar-refractivity contribution in [3.05, 3.63) is 23.2 Å². The second kappa shape index (κ2) is 5.38. The van der Waals surface area contributed by atoms with Crippen molar-refractivity contribution in [2.75, 3.05) is 6.61 Å². The van der Waals surface area contributed by atoms with Gasteiger partial charge in [0.15, 0.2) is 0 Å². The number of hydrogen-bond donors (Lipinski definition) is 0. The fourth-order valence-electron chi connectivity index (χ4n) is 1.57. The SMILES string of the molecule is C[Si](C)(C)CCOCn1nnc2cc(Cl)ccc21. The highest BCUT2D eigenvalue weighted by molar-refractivity contribution is 6.76. The summed E-state index contributed by atoms with van der Waals surface area (Å²) in [5.41, 5.74) is 1.75. The predicted octanol–water partition coefficient (Wildman–Crippen LogP) is 3.40. The van der Waals surface area contributed by atoms with Crippen LogP contribution in [0.3, 0.4) is 0 Å². The van der Waals surface area contributed by atoms with Crippen LogP contribution in [0.5, 0.6) is 0 Å². The molecule has 0 aliphatic rings. The summed E-state index contributed by atoms with van der Waals surface area (Å²) in [5, 5.41) is 8.80. The Bertz CT molecular complexity index is 536. The molecule has 0 saturated carbocycles. The summed E-state index contributed by atoms with van der Waals surface area (Å²) in [6.07, 6.45) is 0. The van der Waals surface area contributed by atoms with Crippen LogP contribution < -0.4 is 0 Å². The molecule has 18 heavy (non-hydrogen) atoms. The molecule has 0 saturated heterocycles. The van der Waals surface area contributed by atoms with E-state index in [1.54, 1.807) is 4.68 Å². The van der Waals surface area contributed by atoms with Gasteiger partial charge < -0.3 is 4.74 Å². The van der Waals surface area contributed by atoms with Gasteiger partial charge in [0.25, 0.3) is 0 Å². The van der Waals surface area contributed by atoms with Gasteiger partial charge in [-0.05, 0) is 24.2 Å². The van der Waals surface area contributed by atoms with Crippen molar-refractivity contribution in [3.63, 3.8) is 0 Å². The topological polar surface area (TPSA) is 39.9 Å². The first-order valence-electron chi connectivity index (χ1n) is 6.02. The zero-order chi connectivity index (χ0) is 13.2. The number of hydrogen-bond acceptors (Lipinski definition) is 3. The van der Waals surface area contributed by atoms with Crippen LogP contribution in [0.4, 0.5) is 0 Å². The van der Waals surface area contributed by atoms with E-state index < -0.39 is 8.07 Å². The average Bonchev–Trinajstić information content (AvgIpc) is 2.65. The van der Waals surface area contributed by atoms with Gasteiger partial charge in [0.2, 0.25) is 0 Å². The Balaban J connectivity index is 1.96. The van der Waals surface area contributed by atoms with E-state index >= 15 is 0 Å². The number of halogens is 1. The molecule has 0 unspecified atom stereocenters. The molecule has 0 radical (unpaired) electrons. The summed E-state index contributed by atoms with van der Waals surface area (Å²) < 4.78 is 7.41. The van der Waals surface area contributed by atoms with E-state index in [9.17, 15) is 0 Å². The second-order valence-electron chi connectivity index (χ2n) is 5.57. The quantitative estimate of drug-likeness (QED) is 0.624. The van der Waals surface area contributed by atoms with Gasteiger partial charge in [0, 0.05) is 19.7 Å². The van der Waals surface area contributed by atoms with E-state index in [2.05, 4.69) is 30.0 Å². The lowest BCUT2D eigenvalue weighted by molar-refractivity contribution is 0.0803. The number of nitrogens with zero attached hydrogens (tertiary/aromatic N) is 3. The van der Waals surface area contributed by atoms with Crippen LogP contribution in [-0.2, 0) is 11.5 Å². The third kappa shape index (κ3) is 3.54. The van der Waals surface area contributed by atoms with Gasteiger partial charge in [0.05, 0.1) is 5.52 Å². The third-order valence-corrected chi connectivity index (χ3v) is 4.63. The van der Waals surface area contributed by atoms with Gasteiger partial charge in [-0.1, -0.05) is 36.5 Å². The molecule has 0 aliphatic heterocycles. The van der Waals surface area contributed by atoms with Crippen LogP contribution in [0.25, 0.3) is 11.0 Å². The smallest absolute Gasteiger partial charge is 0.141 e. The predicted molar refractivity (Wildman–Crippen MR) is 76.6 cm³/mol. The number of benzene rings is 1. The minimum atomic E-state index is -1.03. The van der Waals surface area contributed by atoms with E-state index in [4.69, 9.17) is 16.3 Å². The van der Waals surface area contributed by atoms with Gasteiger partial charge in [-0.3, -0.25) is 0 Å². The molecule has 4 nitrogen and oxygen atoms in total. The first-order chi connectivity index (χ1) is 8.46. The minimum absolute atomic E-state index is 0.447. The molecule has 6 heteroatoms. The largest absolute Gasteiger partial charge is 0.359 e. The highest BCUT2D eigenvalue weighted by Gasteiger charge is 2.12. The molecule has 2 aromatic rings. The van der Waals surface area contributed by atoms with Crippen LogP contribution >= 0.6 is 11.6 Å².